The predicted octanol–water partition coefficient (Wildman–Crippen LogP) is 2.79. The summed E-state index contributed by atoms with van der Waals surface area (Å²) in [7, 11) is 0. The SMILES string of the molecule is CC(C)C(CC#Cc1ccccc1)C(=O)O. The Kier molecular flexibility index (Phi) is 4.60. The molecule has 0 spiro atoms. The highest BCUT2D eigenvalue weighted by molar-refractivity contribution is 5.70. The largest absolute Gasteiger partial charge is 0.481 e. The Hall–Kier alpha value is -1.75. The molecule has 2 nitrogen and oxygen atoms in total. The van der Waals surface area contributed by atoms with E-state index in [0.29, 0.717) is 6.42 Å². The van der Waals surface area contributed by atoms with Crippen LogP contribution in [-0.2, 0) is 4.79 Å². The van der Waals surface area contributed by atoms with E-state index in [9.17, 15) is 4.79 Å². The third-order valence-electron chi connectivity index (χ3n) is 2.45. The summed E-state index contributed by atoms with van der Waals surface area (Å²) in [5.41, 5.74) is 0.926. The van der Waals surface area contributed by atoms with Crippen molar-refractivity contribution < 1.29 is 9.90 Å². The molecule has 1 unspecified atom stereocenters. The Balaban J connectivity index is 2.63. The molecule has 2 heteroatoms. The molecule has 0 saturated carbocycles. The van der Waals surface area contributed by atoms with Gasteiger partial charge in [0.05, 0.1) is 5.92 Å². The summed E-state index contributed by atoms with van der Waals surface area (Å²) >= 11 is 0. The van der Waals surface area contributed by atoms with Crippen LogP contribution in [0.3, 0.4) is 0 Å². The molecule has 1 aromatic rings. The molecule has 0 aliphatic heterocycles. The highest BCUT2D eigenvalue weighted by atomic mass is 16.4. The summed E-state index contributed by atoms with van der Waals surface area (Å²) in [4.78, 5) is 10.9. The van der Waals surface area contributed by atoms with Crippen molar-refractivity contribution in [3.63, 3.8) is 0 Å². The van der Waals surface area contributed by atoms with Crippen LogP contribution in [0.4, 0.5) is 0 Å². The molecule has 0 aliphatic carbocycles. The lowest BCUT2D eigenvalue weighted by atomic mass is 9.93. The van der Waals surface area contributed by atoms with E-state index in [1.54, 1.807) is 0 Å². The first kappa shape index (κ1) is 12.3. The molecule has 0 bridgehead atoms. The van der Waals surface area contributed by atoms with Gasteiger partial charge < -0.3 is 5.11 Å². The zero-order valence-electron chi connectivity index (χ0n) is 9.60. The van der Waals surface area contributed by atoms with Crippen LogP contribution in [-0.4, -0.2) is 11.1 Å². The average Bonchev–Trinajstić information content (AvgIpc) is 2.24. The standard InChI is InChI=1S/C14H16O2/c1-11(2)13(14(15)16)10-6-9-12-7-4-3-5-8-12/h3-5,7-8,11,13H,10H2,1-2H3,(H,15,16). The maximum Gasteiger partial charge on any atom is 0.307 e. The Morgan fingerprint density at radius 3 is 2.44 bits per heavy atom. The fraction of sp³-hybridized carbons (Fsp3) is 0.357. The molecule has 1 rings (SSSR count). The van der Waals surface area contributed by atoms with Gasteiger partial charge in [0.25, 0.3) is 0 Å². The van der Waals surface area contributed by atoms with Gasteiger partial charge in [-0.3, -0.25) is 4.79 Å². The van der Waals surface area contributed by atoms with Crippen molar-refractivity contribution in [2.75, 3.05) is 0 Å². The minimum absolute atomic E-state index is 0.113. The second-order valence-electron chi connectivity index (χ2n) is 4.06. The van der Waals surface area contributed by atoms with Gasteiger partial charge in [-0.25, -0.2) is 0 Å². The molecule has 1 atom stereocenters. The van der Waals surface area contributed by atoms with Crippen molar-refractivity contribution in [2.24, 2.45) is 11.8 Å². The molecule has 0 aromatic heterocycles. The molecule has 0 saturated heterocycles. The summed E-state index contributed by atoms with van der Waals surface area (Å²) in [5.74, 6) is 4.87. The number of aliphatic carboxylic acids is 1. The van der Waals surface area contributed by atoms with E-state index in [2.05, 4.69) is 11.8 Å². The fourth-order valence-corrected chi connectivity index (χ4v) is 1.39. The quantitative estimate of drug-likeness (QED) is 0.789. The van der Waals surface area contributed by atoms with E-state index in [0.717, 1.165) is 5.56 Å². The normalized spacial score (nSPS) is 11.7. The lowest BCUT2D eigenvalue weighted by Crippen LogP contribution is -2.18. The molecule has 1 N–H and O–H groups in total. The summed E-state index contributed by atoms with van der Waals surface area (Å²) in [6.07, 6.45) is 0.405. The Labute approximate surface area is 96.3 Å². The van der Waals surface area contributed by atoms with Gasteiger partial charge >= 0.3 is 5.97 Å². The third-order valence-corrected chi connectivity index (χ3v) is 2.45. The lowest BCUT2D eigenvalue weighted by molar-refractivity contribution is -0.143. The summed E-state index contributed by atoms with van der Waals surface area (Å²) in [5, 5.41) is 8.97. The van der Waals surface area contributed by atoms with Crippen molar-refractivity contribution >= 4 is 5.97 Å². The van der Waals surface area contributed by atoms with Crippen molar-refractivity contribution in [3.8, 4) is 11.8 Å². The van der Waals surface area contributed by atoms with E-state index in [1.807, 2.05) is 44.2 Å². The van der Waals surface area contributed by atoms with Crippen LogP contribution in [0.25, 0.3) is 0 Å². The molecule has 1 aromatic carbocycles. The van der Waals surface area contributed by atoms with Crippen molar-refractivity contribution in [3.05, 3.63) is 35.9 Å². The van der Waals surface area contributed by atoms with Crippen LogP contribution in [0.2, 0.25) is 0 Å². The molecule has 0 aliphatic rings. The maximum atomic E-state index is 10.9. The van der Waals surface area contributed by atoms with Crippen LogP contribution >= 0.6 is 0 Å². The summed E-state index contributed by atoms with van der Waals surface area (Å²) < 4.78 is 0. The molecule has 0 amide bonds. The number of carboxylic acids is 1. The van der Waals surface area contributed by atoms with Gasteiger partial charge in [0.1, 0.15) is 0 Å². The zero-order valence-corrected chi connectivity index (χ0v) is 9.60. The number of carboxylic acid groups (broad SMARTS) is 1. The molecule has 0 radical (unpaired) electrons. The number of rotatable bonds is 3. The van der Waals surface area contributed by atoms with Crippen LogP contribution in [0, 0.1) is 23.7 Å². The number of hydrogen-bond acceptors (Lipinski definition) is 1. The lowest BCUT2D eigenvalue weighted by Gasteiger charge is -2.11. The minimum Gasteiger partial charge on any atom is -0.481 e. The smallest absolute Gasteiger partial charge is 0.307 e. The van der Waals surface area contributed by atoms with E-state index < -0.39 is 5.97 Å². The zero-order chi connectivity index (χ0) is 12.0. The summed E-state index contributed by atoms with van der Waals surface area (Å²) in [6, 6.07) is 9.60. The van der Waals surface area contributed by atoms with E-state index in [-0.39, 0.29) is 11.8 Å². The van der Waals surface area contributed by atoms with E-state index in [4.69, 9.17) is 5.11 Å². The highest BCUT2D eigenvalue weighted by Crippen LogP contribution is 2.14. The van der Waals surface area contributed by atoms with Gasteiger partial charge in [-0.1, -0.05) is 43.9 Å². The van der Waals surface area contributed by atoms with Crippen molar-refractivity contribution in [2.45, 2.75) is 20.3 Å². The van der Waals surface area contributed by atoms with Gasteiger partial charge in [0, 0.05) is 12.0 Å². The maximum absolute atomic E-state index is 10.9. The minimum atomic E-state index is -0.766. The third kappa shape index (κ3) is 3.78. The molecular formula is C14H16O2. The van der Waals surface area contributed by atoms with Gasteiger partial charge in [0.2, 0.25) is 0 Å². The first-order valence-corrected chi connectivity index (χ1v) is 5.38. The Bertz CT molecular complexity index is 396. The van der Waals surface area contributed by atoms with Crippen LogP contribution in [0.5, 0.6) is 0 Å². The van der Waals surface area contributed by atoms with Crippen LogP contribution in [0.15, 0.2) is 30.3 Å². The monoisotopic (exact) mass is 216 g/mol. The summed E-state index contributed by atoms with van der Waals surface area (Å²) in [6.45, 7) is 3.81. The van der Waals surface area contributed by atoms with Crippen LogP contribution < -0.4 is 0 Å². The molecule has 0 fully saturated rings. The van der Waals surface area contributed by atoms with Gasteiger partial charge in [-0.05, 0) is 18.1 Å². The highest BCUT2D eigenvalue weighted by Gasteiger charge is 2.19. The first-order chi connectivity index (χ1) is 7.61. The van der Waals surface area contributed by atoms with Crippen molar-refractivity contribution in [1.29, 1.82) is 0 Å². The second kappa shape index (κ2) is 5.97. The van der Waals surface area contributed by atoms with Gasteiger partial charge in [-0.15, -0.1) is 0 Å². The average molecular weight is 216 g/mol. The van der Waals surface area contributed by atoms with Gasteiger partial charge in [-0.2, -0.15) is 0 Å². The predicted molar refractivity (Wildman–Crippen MR) is 63.9 cm³/mol. The van der Waals surface area contributed by atoms with Crippen LogP contribution in [0.1, 0.15) is 25.8 Å². The number of hydrogen-bond donors (Lipinski definition) is 1. The molecule has 16 heavy (non-hydrogen) atoms. The molecule has 0 heterocycles. The Morgan fingerprint density at radius 1 is 1.31 bits per heavy atom. The van der Waals surface area contributed by atoms with E-state index >= 15 is 0 Å². The second-order valence-corrected chi connectivity index (χ2v) is 4.06. The van der Waals surface area contributed by atoms with E-state index in [1.165, 1.54) is 0 Å². The van der Waals surface area contributed by atoms with Gasteiger partial charge in [0.15, 0.2) is 0 Å². The number of benzene rings is 1. The number of carbonyl (C=O) groups is 1. The first-order valence-electron chi connectivity index (χ1n) is 5.38. The topological polar surface area (TPSA) is 37.3 Å². The van der Waals surface area contributed by atoms with Crippen molar-refractivity contribution in [1.82, 2.24) is 0 Å². The fourth-order valence-electron chi connectivity index (χ4n) is 1.39. The molecule has 84 valence electrons. The Morgan fingerprint density at radius 2 is 1.94 bits per heavy atom. The molecular weight excluding hydrogens is 200 g/mol.